The van der Waals surface area contributed by atoms with E-state index in [9.17, 15) is 10.4 Å². The maximum absolute atomic E-state index is 9.71. The van der Waals surface area contributed by atoms with E-state index in [1.165, 1.54) is 6.08 Å². The number of amidine groups is 1. The molecule has 2 N–H and O–H groups in total. The zero-order valence-corrected chi connectivity index (χ0v) is 13.1. The Labute approximate surface area is 137 Å². The third kappa shape index (κ3) is 1.94. The Morgan fingerprint density at radius 1 is 1.32 bits per heavy atom. The number of benzene rings is 1. The second-order valence-corrected chi connectivity index (χ2v) is 6.05. The van der Waals surface area contributed by atoms with Crippen LogP contribution in [0.5, 0.6) is 0 Å². The van der Waals surface area contributed by atoms with Crippen molar-refractivity contribution in [3.8, 4) is 6.07 Å². The van der Waals surface area contributed by atoms with Crippen molar-refractivity contribution in [3.05, 3.63) is 63.4 Å². The van der Waals surface area contributed by atoms with Crippen molar-refractivity contribution in [3.63, 3.8) is 0 Å². The van der Waals surface area contributed by atoms with Crippen LogP contribution in [0, 0.1) is 16.7 Å². The van der Waals surface area contributed by atoms with Crippen molar-refractivity contribution < 1.29 is 5.11 Å². The molecule has 0 fully saturated rings. The summed E-state index contributed by atoms with van der Waals surface area (Å²) in [6, 6.07) is 7.11. The van der Waals surface area contributed by atoms with Gasteiger partial charge in [-0.2, -0.15) is 5.26 Å². The summed E-state index contributed by atoms with van der Waals surface area (Å²) < 4.78 is 0. The quantitative estimate of drug-likeness (QED) is 0.802. The van der Waals surface area contributed by atoms with Crippen LogP contribution in [-0.4, -0.2) is 16.5 Å². The molecular weight excluding hydrogens is 321 g/mol. The Kier molecular flexibility index (Phi) is 3.28. The number of nitrogens with one attached hydrogen (secondary N) is 1. The van der Waals surface area contributed by atoms with E-state index >= 15 is 0 Å². The fourth-order valence-corrected chi connectivity index (χ4v) is 3.10. The minimum atomic E-state index is -0.731. The summed E-state index contributed by atoms with van der Waals surface area (Å²) in [7, 11) is 0. The molecule has 1 aromatic carbocycles. The Balaban J connectivity index is 2.20. The second kappa shape index (κ2) is 4.91. The topological polar surface area (TPSA) is 71.1 Å². The normalized spacial score (nSPS) is 23.5. The fourth-order valence-electron chi connectivity index (χ4n) is 2.81. The molecular formula is C16H11Cl2N3O. The minimum Gasteiger partial charge on any atom is -0.508 e. The van der Waals surface area contributed by atoms with E-state index in [2.05, 4.69) is 0 Å². The van der Waals surface area contributed by atoms with Gasteiger partial charge in [0.05, 0.1) is 15.6 Å². The largest absolute Gasteiger partial charge is 0.508 e. The van der Waals surface area contributed by atoms with Crippen LogP contribution in [0.25, 0.3) is 0 Å². The van der Waals surface area contributed by atoms with Crippen LogP contribution in [0.4, 0.5) is 5.69 Å². The number of hydrogen-bond acceptors (Lipinski definition) is 3. The number of nitrogens with zero attached hydrogens (tertiary/aromatic N) is 2. The van der Waals surface area contributed by atoms with Crippen molar-refractivity contribution >= 4 is 34.7 Å². The number of allylic oxidation sites excluding steroid dienone is 1. The highest BCUT2D eigenvalue weighted by molar-refractivity contribution is 6.42. The first-order valence-electron chi connectivity index (χ1n) is 6.47. The van der Waals surface area contributed by atoms with Gasteiger partial charge in [0.25, 0.3) is 0 Å². The van der Waals surface area contributed by atoms with Crippen LogP contribution < -0.4 is 4.90 Å². The van der Waals surface area contributed by atoms with Gasteiger partial charge < -0.3 is 10.0 Å². The molecule has 0 saturated carbocycles. The average Bonchev–Trinajstić information content (AvgIpc) is 2.69. The molecule has 3 rings (SSSR count). The molecule has 1 aliphatic heterocycles. The summed E-state index contributed by atoms with van der Waals surface area (Å²) in [4.78, 5) is 1.70. The molecule has 0 radical (unpaired) electrons. The second-order valence-electron chi connectivity index (χ2n) is 5.23. The predicted molar refractivity (Wildman–Crippen MR) is 87.6 cm³/mol. The van der Waals surface area contributed by atoms with Crippen molar-refractivity contribution in [2.24, 2.45) is 0 Å². The van der Waals surface area contributed by atoms with Gasteiger partial charge in [-0.3, -0.25) is 5.41 Å². The maximum Gasteiger partial charge on any atom is 0.144 e. The lowest BCUT2D eigenvalue weighted by molar-refractivity contribution is 0.427. The average molecular weight is 332 g/mol. The predicted octanol–water partition coefficient (Wildman–Crippen LogP) is 4.38. The number of anilines is 1. The van der Waals surface area contributed by atoms with E-state index in [0.717, 1.165) is 0 Å². The third-order valence-electron chi connectivity index (χ3n) is 3.88. The first kappa shape index (κ1) is 14.7. The highest BCUT2D eigenvalue weighted by Gasteiger charge is 2.46. The SMILES string of the molecule is CC12C=CC(O)=CC1=C(C#N)C(=N)N2c1ccc(Cl)c(Cl)c1. The standard InChI is InChI=1S/C16H11Cl2N3O/c1-16-5-4-10(22)7-12(16)11(8-19)15(20)21(16)9-2-3-13(17)14(18)6-9/h2-7,20,22H,1H3. The zero-order valence-electron chi connectivity index (χ0n) is 11.6. The van der Waals surface area contributed by atoms with Gasteiger partial charge in [-0.15, -0.1) is 0 Å². The molecule has 1 aliphatic carbocycles. The van der Waals surface area contributed by atoms with E-state index in [1.807, 2.05) is 13.0 Å². The van der Waals surface area contributed by atoms with Gasteiger partial charge in [-0.1, -0.05) is 29.3 Å². The Morgan fingerprint density at radius 2 is 2.05 bits per heavy atom. The van der Waals surface area contributed by atoms with Crippen LogP contribution in [0.1, 0.15) is 6.92 Å². The Morgan fingerprint density at radius 3 is 2.68 bits per heavy atom. The molecule has 0 bridgehead atoms. The summed E-state index contributed by atoms with van der Waals surface area (Å²) in [5, 5.41) is 28.2. The van der Waals surface area contributed by atoms with Crippen molar-refractivity contribution in [2.75, 3.05) is 4.90 Å². The number of nitriles is 1. The molecule has 0 saturated heterocycles. The Bertz CT molecular complexity index is 832. The lowest BCUT2D eigenvalue weighted by atomic mass is 9.86. The smallest absolute Gasteiger partial charge is 0.144 e. The molecule has 1 aromatic rings. The molecule has 110 valence electrons. The van der Waals surface area contributed by atoms with E-state index < -0.39 is 5.54 Å². The highest BCUT2D eigenvalue weighted by Crippen LogP contribution is 2.44. The van der Waals surface area contributed by atoms with E-state index in [0.29, 0.717) is 21.3 Å². The maximum atomic E-state index is 9.71. The molecule has 6 heteroatoms. The number of fused-ring (bicyclic) bond motifs is 1. The van der Waals surface area contributed by atoms with Gasteiger partial charge in [0.1, 0.15) is 23.2 Å². The monoisotopic (exact) mass is 331 g/mol. The summed E-state index contributed by atoms with van der Waals surface area (Å²) in [5.41, 5.74) is 0.741. The summed E-state index contributed by atoms with van der Waals surface area (Å²) in [6.45, 7) is 1.88. The summed E-state index contributed by atoms with van der Waals surface area (Å²) in [6.07, 6.45) is 4.84. The van der Waals surface area contributed by atoms with E-state index in [1.54, 1.807) is 35.3 Å². The molecule has 22 heavy (non-hydrogen) atoms. The summed E-state index contributed by atoms with van der Waals surface area (Å²) >= 11 is 12.0. The van der Waals surface area contributed by atoms with Gasteiger partial charge in [-0.05, 0) is 37.3 Å². The molecule has 0 amide bonds. The lowest BCUT2D eigenvalue weighted by Gasteiger charge is -2.37. The van der Waals surface area contributed by atoms with Crippen LogP contribution >= 0.6 is 23.2 Å². The first-order chi connectivity index (χ1) is 10.4. The number of rotatable bonds is 1. The third-order valence-corrected chi connectivity index (χ3v) is 4.62. The number of aliphatic hydroxyl groups excluding tert-OH is 1. The molecule has 0 spiro atoms. The van der Waals surface area contributed by atoms with Gasteiger partial charge in [0.2, 0.25) is 0 Å². The van der Waals surface area contributed by atoms with E-state index in [-0.39, 0.29) is 17.2 Å². The molecule has 1 atom stereocenters. The van der Waals surface area contributed by atoms with Crippen LogP contribution in [0.3, 0.4) is 0 Å². The minimum absolute atomic E-state index is 0.0593. The number of aliphatic hydroxyl groups is 1. The van der Waals surface area contributed by atoms with Crippen LogP contribution in [0.15, 0.2) is 53.3 Å². The van der Waals surface area contributed by atoms with Crippen molar-refractivity contribution in [1.82, 2.24) is 0 Å². The molecule has 0 aromatic heterocycles. The summed E-state index contributed by atoms with van der Waals surface area (Å²) in [5.74, 6) is 0.123. The van der Waals surface area contributed by atoms with Gasteiger partial charge >= 0.3 is 0 Å². The first-order valence-corrected chi connectivity index (χ1v) is 7.23. The molecule has 2 aliphatic rings. The number of halogens is 2. The van der Waals surface area contributed by atoms with Crippen LogP contribution in [-0.2, 0) is 0 Å². The number of hydrogen-bond donors (Lipinski definition) is 2. The zero-order chi connectivity index (χ0) is 16.1. The highest BCUT2D eigenvalue weighted by atomic mass is 35.5. The molecule has 4 nitrogen and oxygen atoms in total. The molecule has 1 heterocycles. The molecule has 1 unspecified atom stereocenters. The van der Waals surface area contributed by atoms with Gasteiger partial charge in [0, 0.05) is 11.3 Å². The van der Waals surface area contributed by atoms with E-state index in [4.69, 9.17) is 28.6 Å². The van der Waals surface area contributed by atoms with Crippen molar-refractivity contribution in [2.45, 2.75) is 12.5 Å². The Hall–Kier alpha value is -2.22. The van der Waals surface area contributed by atoms with Crippen molar-refractivity contribution in [1.29, 1.82) is 10.7 Å². The lowest BCUT2D eigenvalue weighted by Crippen LogP contribution is -2.45. The fraction of sp³-hybridized carbons (Fsp3) is 0.125. The van der Waals surface area contributed by atoms with Crippen LogP contribution in [0.2, 0.25) is 10.0 Å². The van der Waals surface area contributed by atoms with Gasteiger partial charge in [-0.25, -0.2) is 0 Å². The van der Waals surface area contributed by atoms with Gasteiger partial charge in [0.15, 0.2) is 0 Å².